The summed E-state index contributed by atoms with van der Waals surface area (Å²) in [5.74, 6) is 0.719. The van der Waals surface area contributed by atoms with Gasteiger partial charge in [0.25, 0.3) is 0 Å². The van der Waals surface area contributed by atoms with Crippen LogP contribution in [0.3, 0.4) is 0 Å². The number of sulfonamides is 1. The molecule has 180 valence electrons. The molecule has 1 heterocycles. The minimum atomic E-state index is -3.73. The largest absolute Gasteiger partial charge is 0.454 e. The van der Waals surface area contributed by atoms with Gasteiger partial charge in [0, 0.05) is 18.5 Å². The van der Waals surface area contributed by atoms with Gasteiger partial charge in [-0.3, -0.25) is 9.59 Å². The number of esters is 1. The summed E-state index contributed by atoms with van der Waals surface area (Å²) in [6.07, 6.45) is 6.52. The lowest BCUT2D eigenvalue weighted by atomic mass is 9.48. The van der Waals surface area contributed by atoms with Gasteiger partial charge < -0.3 is 4.74 Å². The van der Waals surface area contributed by atoms with Crippen molar-refractivity contribution in [3.63, 3.8) is 0 Å². The second kappa shape index (κ2) is 8.45. The van der Waals surface area contributed by atoms with E-state index in [1.807, 2.05) is 0 Å². The third-order valence-corrected chi connectivity index (χ3v) is 10.4. The van der Waals surface area contributed by atoms with E-state index in [2.05, 4.69) is 0 Å². The number of ether oxygens (including phenoxy) is 1. The van der Waals surface area contributed by atoms with Gasteiger partial charge in [0.05, 0.1) is 10.8 Å². The fraction of sp³-hybridized carbons (Fsp3) is 0.680. The fourth-order valence-electron chi connectivity index (χ4n) is 7.26. The number of rotatable bonds is 6. The Balaban J connectivity index is 1.17. The van der Waals surface area contributed by atoms with Crippen molar-refractivity contribution >= 4 is 21.8 Å². The van der Waals surface area contributed by atoms with Crippen LogP contribution in [0.5, 0.6) is 0 Å². The number of Topliss-reactive ketones (excluding diaryl/α,β-unsaturated/α-hetero) is 1. The third kappa shape index (κ3) is 4.25. The number of halogens is 1. The SMILES string of the molecule is CC(OC(=O)C1CCN(S(=O)(=O)c2ccc(F)cc2)CC1)C(=O)C12CC3CC(CC(C3)C1)C2. The zero-order chi connectivity index (χ0) is 23.4. The molecule has 6 rings (SSSR count). The molecule has 0 radical (unpaired) electrons. The van der Waals surface area contributed by atoms with Crippen molar-refractivity contribution in [1.82, 2.24) is 4.31 Å². The molecule has 5 aliphatic rings. The van der Waals surface area contributed by atoms with Gasteiger partial charge in [-0.15, -0.1) is 0 Å². The molecule has 0 aromatic heterocycles. The molecule has 8 heteroatoms. The fourth-order valence-corrected chi connectivity index (χ4v) is 8.72. The van der Waals surface area contributed by atoms with E-state index in [1.165, 1.54) is 35.7 Å². The van der Waals surface area contributed by atoms with Crippen LogP contribution in [0.15, 0.2) is 29.2 Å². The first-order valence-electron chi connectivity index (χ1n) is 12.2. The van der Waals surface area contributed by atoms with Crippen molar-refractivity contribution in [2.75, 3.05) is 13.1 Å². The summed E-state index contributed by atoms with van der Waals surface area (Å²) < 4.78 is 45.7. The lowest BCUT2D eigenvalue weighted by molar-refractivity contribution is -0.168. The van der Waals surface area contributed by atoms with E-state index < -0.39 is 33.8 Å². The van der Waals surface area contributed by atoms with Gasteiger partial charge in [0.15, 0.2) is 11.9 Å². The first-order chi connectivity index (χ1) is 15.7. The second-order valence-electron chi connectivity index (χ2n) is 10.8. The molecule has 1 atom stereocenters. The van der Waals surface area contributed by atoms with Gasteiger partial charge in [-0.1, -0.05) is 0 Å². The van der Waals surface area contributed by atoms with Crippen LogP contribution < -0.4 is 0 Å². The van der Waals surface area contributed by atoms with Crippen LogP contribution in [0, 0.1) is 34.9 Å². The minimum Gasteiger partial charge on any atom is -0.454 e. The summed E-state index contributed by atoms with van der Waals surface area (Å²) >= 11 is 0. The molecule has 4 aliphatic carbocycles. The lowest BCUT2D eigenvalue weighted by Crippen LogP contribution is -2.53. The quantitative estimate of drug-likeness (QED) is 0.580. The summed E-state index contributed by atoms with van der Waals surface area (Å²) in [5, 5.41) is 0. The van der Waals surface area contributed by atoms with Crippen molar-refractivity contribution in [1.29, 1.82) is 0 Å². The Morgan fingerprint density at radius 2 is 1.52 bits per heavy atom. The Morgan fingerprint density at radius 1 is 1.00 bits per heavy atom. The average molecular weight is 478 g/mol. The monoisotopic (exact) mass is 477 g/mol. The highest BCUT2D eigenvalue weighted by molar-refractivity contribution is 7.89. The maximum absolute atomic E-state index is 13.4. The zero-order valence-corrected chi connectivity index (χ0v) is 19.9. The first kappa shape index (κ1) is 23.0. The highest BCUT2D eigenvalue weighted by atomic mass is 32.2. The molecule has 6 nitrogen and oxygen atoms in total. The molecule has 1 saturated heterocycles. The highest BCUT2D eigenvalue weighted by Gasteiger charge is 2.55. The molecule has 0 N–H and O–H groups in total. The molecular weight excluding hydrogens is 445 g/mol. The van der Waals surface area contributed by atoms with E-state index in [0.29, 0.717) is 30.6 Å². The molecule has 33 heavy (non-hydrogen) atoms. The number of ketones is 1. The van der Waals surface area contributed by atoms with Crippen LogP contribution in [-0.2, 0) is 24.3 Å². The summed E-state index contributed by atoms with van der Waals surface area (Å²) in [6, 6.07) is 4.75. The maximum atomic E-state index is 13.4. The molecule has 1 unspecified atom stereocenters. The smallest absolute Gasteiger partial charge is 0.309 e. The van der Waals surface area contributed by atoms with Gasteiger partial charge in [0.1, 0.15) is 5.82 Å². The number of carbonyl (C=O) groups excluding carboxylic acids is 2. The van der Waals surface area contributed by atoms with Crippen LogP contribution in [-0.4, -0.2) is 43.7 Å². The van der Waals surface area contributed by atoms with Crippen LogP contribution in [0.2, 0.25) is 0 Å². The van der Waals surface area contributed by atoms with E-state index >= 15 is 0 Å². The number of carbonyl (C=O) groups is 2. The van der Waals surface area contributed by atoms with Crippen molar-refractivity contribution in [3.05, 3.63) is 30.1 Å². The standard InChI is InChI=1S/C25H32FNO5S/c1-16(23(28)25-13-17-10-18(14-25)12-19(11-17)15-25)32-24(29)20-6-8-27(9-7-20)33(30,31)22-4-2-21(26)3-5-22/h2-5,16-20H,6-15H2,1H3. The Kier molecular flexibility index (Phi) is 5.88. The number of nitrogens with zero attached hydrogens (tertiary/aromatic N) is 1. The number of piperidine rings is 1. The Hall–Kier alpha value is -1.80. The summed E-state index contributed by atoms with van der Waals surface area (Å²) in [7, 11) is -3.73. The third-order valence-electron chi connectivity index (χ3n) is 8.46. The van der Waals surface area contributed by atoms with Gasteiger partial charge in [-0.2, -0.15) is 4.31 Å². The van der Waals surface area contributed by atoms with E-state index in [0.717, 1.165) is 31.4 Å². The summed E-state index contributed by atoms with van der Waals surface area (Å²) in [4.78, 5) is 26.2. The Morgan fingerprint density at radius 3 is 2.03 bits per heavy atom. The Bertz CT molecular complexity index is 994. The molecule has 0 amide bonds. The topological polar surface area (TPSA) is 80.8 Å². The van der Waals surface area contributed by atoms with Gasteiger partial charge in [-0.25, -0.2) is 12.8 Å². The summed E-state index contributed by atoms with van der Waals surface area (Å²) in [6.45, 7) is 2.08. The van der Waals surface area contributed by atoms with Gasteiger partial charge in [-0.05, 0) is 100 Å². The normalized spacial score (nSPS) is 33.1. The van der Waals surface area contributed by atoms with Crippen LogP contribution in [0.1, 0.15) is 58.3 Å². The number of hydrogen-bond acceptors (Lipinski definition) is 5. The Labute approximate surface area is 194 Å². The van der Waals surface area contributed by atoms with Crippen LogP contribution in [0.25, 0.3) is 0 Å². The van der Waals surface area contributed by atoms with Crippen molar-refractivity contribution < 1.29 is 27.1 Å². The van der Waals surface area contributed by atoms with E-state index in [4.69, 9.17) is 4.74 Å². The lowest BCUT2D eigenvalue weighted by Gasteiger charge is -2.56. The van der Waals surface area contributed by atoms with E-state index in [-0.39, 0.29) is 29.2 Å². The predicted octanol–water partition coefficient (Wildman–Crippen LogP) is 3.94. The summed E-state index contributed by atoms with van der Waals surface area (Å²) in [5.41, 5.74) is -0.305. The number of hydrogen-bond donors (Lipinski definition) is 0. The van der Waals surface area contributed by atoms with Crippen molar-refractivity contribution in [2.24, 2.45) is 29.1 Å². The first-order valence-corrected chi connectivity index (χ1v) is 13.6. The molecule has 1 aromatic rings. The van der Waals surface area contributed by atoms with Crippen LogP contribution >= 0.6 is 0 Å². The van der Waals surface area contributed by atoms with Gasteiger partial charge in [0.2, 0.25) is 10.0 Å². The molecule has 4 bridgehead atoms. The second-order valence-corrected chi connectivity index (χ2v) is 12.7. The van der Waals surface area contributed by atoms with Crippen molar-refractivity contribution in [3.8, 4) is 0 Å². The molecular formula is C25H32FNO5S. The zero-order valence-electron chi connectivity index (χ0n) is 19.0. The van der Waals surface area contributed by atoms with E-state index in [9.17, 15) is 22.4 Å². The highest BCUT2D eigenvalue weighted by Crippen LogP contribution is 2.60. The average Bonchev–Trinajstić information content (AvgIpc) is 2.78. The molecule has 5 fully saturated rings. The maximum Gasteiger partial charge on any atom is 0.309 e. The predicted molar refractivity (Wildman–Crippen MR) is 119 cm³/mol. The molecule has 1 aromatic carbocycles. The van der Waals surface area contributed by atoms with Gasteiger partial charge >= 0.3 is 5.97 Å². The minimum absolute atomic E-state index is 0.0414. The number of benzene rings is 1. The van der Waals surface area contributed by atoms with Crippen LogP contribution in [0.4, 0.5) is 4.39 Å². The molecule has 0 spiro atoms. The molecule has 1 aliphatic heterocycles. The van der Waals surface area contributed by atoms with E-state index in [1.54, 1.807) is 6.92 Å². The molecule has 4 saturated carbocycles. The van der Waals surface area contributed by atoms with Crippen molar-refractivity contribution in [2.45, 2.75) is 69.3 Å².